The van der Waals surface area contributed by atoms with Gasteiger partial charge in [-0.1, -0.05) is 59.6 Å². The van der Waals surface area contributed by atoms with Crippen molar-refractivity contribution in [3.63, 3.8) is 0 Å². The second kappa shape index (κ2) is 15.9. The number of nitrogens with one attached hydrogen (secondary N) is 1. The Morgan fingerprint density at radius 2 is 1.53 bits per heavy atom. The Labute approximate surface area is 296 Å². The zero-order valence-electron chi connectivity index (χ0n) is 27.7. The molecule has 260 valence electrons. The fourth-order valence-electron chi connectivity index (χ4n) is 5.08. The third-order valence-electron chi connectivity index (χ3n) is 7.46. The summed E-state index contributed by atoms with van der Waals surface area (Å²) in [7, 11) is -1.71. The number of nitrogens with zero attached hydrogens (tertiary/aromatic N) is 2. The summed E-state index contributed by atoms with van der Waals surface area (Å²) in [5, 5.41) is 3.60. The van der Waals surface area contributed by atoms with Crippen LogP contribution in [0.3, 0.4) is 0 Å². The van der Waals surface area contributed by atoms with E-state index in [0.717, 1.165) is 22.0 Å². The molecule has 13 heteroatoms. The van der Waals surface area contributed by atoms with Crippen LogP contribution in [0, 0.1) is 5.82 Å². The van der Waals surface area contributed by atoms with Crippen LogP contribution >= 0.6 is 23.2 Å². The predicted octanol–water partition coefficient (Wildman–Crippen LogP) is 6.90. The van der Waals surface area contributed by atoms with Crippen LogP contribution in [-0.2, 0) is 32.6 Å². The zero-order valence-corrected chi connectivity index (χ0v) is 30.1. The van der Waals surface area contributed by atoms with Gasteiger partial charge in [0, 0.05) is 34.6 Å². The molecule has 0 spiro atoms. The van der Waals surface area contributed by atoms with Gasteiger partial charge in [-0.05, 0) is 80.4 Å². The number of hydrogen-bond acceptors (Lipinski definition) is 6. The van der Waals surface area contributed by atoms with Crippen LogP contribution in [-0.4, -0.2) is 57.5 Å². The number of methoxy groups -OCH3 is 2. The highest BCUT2D eigenvalue weighted by atomic mass is 35.5. The first-order valence-electron chi connectivity index (χ1n) is 15.2. The van der Waals surface area contributed by atoms with Gasteiger partial charge < -0.3 is 19.7 Å². The summed E-state index contributed by atoms with van der Waals surface area (Å²) in [6.07, 6.45) is 0.110. The molecule has 0 saturated heterocycles. The monoisotopic (exact) mass is 729 g/mol. The summed E-state index contributed by atoms with van der Waals surface area (Å²) in [5.41, 5.74) is 0.616. The number of ether oxygens (including phenoxy) is 2. The van der Waals surface area contributed by atoms with Crippen LogP contribution < -0.4 is 19.1 Å². The average Bonchev–Trinajstić information content (AvgIpc) is 3.05. The van der Waals surface area contributed by atoms with Crippen molar-refractivity contribution in [2.24, 2.45) is 0 Å². The van der Waals surface area contributed by atoms with E-state index in [1.54, 1.807) is 12.1 Å². The van der Waals surface area contributed by atoms with Crippen LogP contribution in [0.1, 0.15) is 31.9 Å². The third kappa shape index (κ3) is 9.65. The Bertz CT molecular complexity index is 1890. The lowest BCUT2D eigenvalue weighted by atomic mass is 10.0. The lowest BCUT2D eigenvalue weighted by Gasteiger charge is -2.35. The van der Waals surface area contributed by atoms with Gasteiger partial charge in [-0.15, -0.1) is 0 Å². The number of benzene rings is 4. The maximum atomic E-state index is 14.6. The van der Waals surface area contributed by atoms with Gasteiger partial charge in [0.15, 0.2) is 11.5 Å². The summed E-state index contributed by atoms with van der Waals surface area (Å²) in [5.74, 6) is -1.32. The van der Waals surface area contributed by atoms with E-state index in [-0.39, 0.29) is 34.3 Å². The SMILES string of the molecule is COc1ccc(S(=O)(=O)N(CC(=O)N(Cc2ccc(Cl)cc2Cl)C(Cc2ccccc2)C(=O)NC(C)(C)C)c2ccc(F)cc2)cc1OC. The molecule has 4 rings (SSSR count). The van der Waals surface area contributed by atoms with E-state index in [1.165, 1.54) is 55.5 Å². The van der Waals surface area contributed by atoms with E-state index >= 15 is 0 Å². The number of amides is 2. The molecule has 9 nitrogen and oxygen atoms in total. The van der Waals surface area contributed by atoms with E-state index in [1.807, 2.05) is 51.1 Å². The normalized spacial score (nSPS) is 12.2. The molecule has 0 heterocycles. The molecule has 2 amide bonds. The predicted molar refractivity (Wildman–Crippen MR) is 189 cm³/mol. The summed E-state index contributed by atoms with van der Waals surface area (Å²) in [6, 6.07) is 21.6. The molecule has 1 atom stereocenters. The van der Waals surface area contributed by atoms with Gasteiger partial charge in [-0.3, -0.25) is 13.9 Å². The lowest BCUT2D eigenvalue weighted by molar-refractivity contribution is -0.140. The number of anilines is 1. The first kappa shape index (κ1) is 37.5. The minimum atomic E-state index is -4.49. The van der Waals surface area contributed by atoms with Crippen molar-refractivity contribution < 1.29 is 31.9 Å². The van der Waals surface area contributed by atoms with Gasteiger partial charge in [-0.2, -0.15) is 0 Å². The molecule has 0 aromatic heterocycles. The first-order valence-corrected chi connectivity index (χ1v) is 17.4. The topological polar surface area (TPSA) is 105 Å². The minimum absolute atomic E-state index is 0.0211. The molecule has 1 N–H and O–H groups in total. The quantitative estimate of drug-likeness (QED) is 0.161. The molecule has 0 fully saturated rings. The Morgan fingerprint density at radius 1 is 0.878 bits per heavy atom. The van der Waals surface area contributed by atoms with Gasteiger partial charge in [0.05, 0.1) is 24.8 Å². The highest BCUT2D eigenvalue weighted by Gasteiger charge is 2.36. The van der Waals surface area contributed by atoms with Crippen LogP contribution in [0.2, 0.25) is 10.0 Å². The number of sulfonamides is 1. The van der Waals surface area contributed by atoms with Crippen molar-refractivity contribution in [3.05, 3.63) is 118 Å². The minimum Gasteiger partial charge on any atom is -0.493 e. The summed E-state index contributed by atoms with van der Waals surface area (Å²) < 4.78 is 54.2. The Hall–Kier alpha value is -4.32. The van der Waals surface area contributed by atoms with Crippen molar-refractivity contribution in [1.29, 1.82) is 0 Å². The van der Waals surface area contributed by atoms with Gasteiger partial charge >= 0.3 is 0 Å². The van der Waals surface area contributed by atoms with E-state index in [4.69, 9.17) is 32.7 Å². The Balaban J connectivity index is 1.86. The molecule has 4 aromatic rings. The van der Waals surface area contributed by atoms with Crippen molar-refractivity contribution >= 4 is 50.7 Å². The van der Waals surface area contributed by atoms with Crippen LogP contribution in [0.25, 0.3) is 0 Å². The summed E-state index contributed by atoms with van der Waals surface area (Å²) >= 11 is 12.7. The highest BCUT2D eigenvalue weighted by molar-refractivity contribution is 7.92. The number of carbonyl (C=O) groups is 2. The van der Waals surface area contributed by atoms with E-state index < -0.39 is 45.8 Å². The van der Waals surface area contributed by atoms with E-state index in [0.29, 0.717) is 16.3 Å². The summed E-state index contributed by atoms with van der Waals surface area (Å²) in [6.45, 7) is 4.55. The maximum Gasteiger partial charge on any atom is 0.264 e. The smallest absolute Gasteiger partial charge is 0.264 e. The van der Waals surface area contributed by atoms with Gasteiger partial charge in [0.2, 0.25) is 11.8 Å². The van der Waals surface area contributed by atoms with E-state index in [2.05, 4.69) is 5.32 Å². The molecule has 0 aliphatic heterocycles. The molecule has 0 saturated carbocycles. The molecule has 0 bridgehead atoms. The number of hydrogen-bond donors (Lipinski definition) is 1. The fraction of sp³-hybridized carbons (Fsp3) is 0.278. The second-order valence-corrected chi connectivity index (χ2v) is 14.9. The number of halogens is 3. The maximum absolute atomic E-state index is 14.6. The molecular formula is C36H38Cl2FN3O6S. The highest BCUT2D eigenvalue weighted by Crippen LogP contribution is 2.33. The van der Waals surface area contributed by atoms with Crippen molar-refractivity contribution in [2.45, 2.75) is 50.2 Å². The number of rotatable bonds is 13. The van der Waals surface area contributed by atoms with Crippen molar-refractivity contribution in [3.8, 4) is 11.5 Å². The summed E-state index contributed by atoms with van der Waals surface area (Å²) in [4.78, 5) is 29.8. The van der Waals surface area contributed by atoms with Crippen LogP contribution in [0.4, 0.5) is 10.1 Å². The fourth-order valence-corrected chi connectivity index (χ4v) is 6.98. The molecule has 49 heavy (non-hydrogen) atoms. The Morgan fingerprint density at radius 3 is 2.12 bits per heavy atom. The zero-order chi connectivity index (χ0) is 35.9. The van der Waals surface area contributed by atoms with Crippen LogP contribution in [0.5, 0.6) is 11.5 Å². The first-order chi connectivity index (χ1) is 23.1. The standard InChI is InChI=1S/C36H38Cl2FN3O6S/c1-36(2,3)40-35(44)31(19-24-9-7-6-8-10-24)41(22-25-11-12-26(37)20-30(25)38)34(43)23-42(28-15-13-27(39)14-16-28)49(45,46)29-17-18-32(47-4)33(21-29)48-5/h6-18,20-21,31H,19,22-23H2,1-5H3,(H,40,44). The molecule has 4 aromatic carbocycles. The number of carbonyl (C=O) groups excluding carboxylic acids is 2. The van der Waals surface area contributed by atoms with Crippen molar-refractivity contribution in [1.82, 2.24) is 10.2 Å². The van der Waals surface area contributed by atoms with E-state index in [9.17, 15) is 22.4 Å². The van der Waals surface area contributed by atoms with Gasteiger partial charge in [-0.25, -0.2) is 12.8 Å². The Kier molecular flexibility index (Phi) is 12.2. The molecular weight excluding hydrogens is 692 g/mol. The van der Waals surface area contributed by atoms with Crippen LogP contribution in [0.15, 0.2) is 95.9 Å². The molecule has 0 aliphatic rings. The largest absolute Gasteiger partial charge is 0.493 e. The van der Waals surface area contributed by atoms with Gasteiger partial charge in [0.25, 0.3) is 10.0 Å². The second-order valence-electron chi connectivity index (χ2n) is 12.2. The third-order valence-corrected chi connectivity index (χ3v) is 9.82. The van der Waals surface area contributed by atoms with Crippen molar-refractivity contribution in [2.75, 3.05) is 25.1 Å². The van der Waals surface area contributed by atoms with Gasteiger partial charge in [0.1, 0.15) is 18.4 Å². The molecule has 1 unspecified atom stereocenters. The molecule has 0 aliphatic carbocycles. The lowest BCUT2D eigenvalue weighted by Crippen LogP contribution is -2.56. The molecule has 0 radical (unpaired) electrons. The average molecular weight is 731 g/mol.